The number of alkyl halides is 1. The van der Waals surface area contributed by atoms with Gasteiger partial charge in [-0.25, -0.2) is 0 Å². The van der Waals surface area contributed by atoms with Crippen LogP contribution in [0.5, 0.6) is 0 Å². The van der Waals surface area contributed by atoms with Crippen LogP contribution in [0.1, 0.15) is 42.3 Å². The van der Waals surface area contributed by atoms with Crippen LogP contribution < -0.4 is 21.5 Å². The number of benzene rings is 3. The van der Waals surface area contributed by atoms with Gasteiger partial charge in [0.15, 0.2) is 0 Å². The standard InChI is InChI=1S/C32H33ClN4O3/c1-20-26(10-7-11-27(20)36-30(39)21-12-14-23(15-13-21)32(2,3)4)22-16-28(31(40)37(5)19-22)34-24-8-6-9-25(17-24)35-29(38)18-33/h6-17,19,34H,18H2,1-5H3,(H,35,38)(H,36,39). The number of pyridine rings is 1. The van der Waals surface area contributed by atoms with Crippen LogP contribution in [0.25, 0.3) is 11.1 Å². The molecule has 7 nitrogen and oxygen atoms in total. The van der Waals surface area contributed by atoms with Crippen LogP contribution in [0.3, 0.4) is 0 Å². The molecule has 1 heterocycles. The molecule has 0 spiro atoms. The van der Waals surface area contributed by atoms with E-state index in [1.807, 2.05) is 49.4 Å². The monoisotopic (exact) mass is 556 g/mol. The molecule has 0 saturated heterocycles. The number of nitrogens with one attached hydrogen (secondary N) is 3. The molecule has 0 bridgehead atoms. The maximum atomic E-state index is 13.0. The highest BCUT2D eigenvalue weighted by Crippen LogP contribution is 2.30. The van der Waals surface area contributed by atoms with E-state index in [1.54, 1.807) is 43.6 Å². The molecule has 0 unspecified atom stereocenters. The number of carbonyl (C=O) groups excluding carboxylic acids is 2. The Kier molecular flexibility index (Phi) is 8.45. The van der Waals surface area contributed by atoms with E-state index in [0.29, 0.717) is 28.3 Å². The van der Waals surface area contributed by atoms with Gasteiger partial charge in [-0.3, -0.25) is 14.4 Å². The Morgan fingerprint density at radius 1 is 0.875 bits per heavy atom. The van der Waals surface area contributed by atoms with Crippen molar-refractivity contribution in [2.24, 2.45) is 7.05 Å². The van der Waals surface area contributed by atoms with Gasteiger partial charge in [0.25, 0.3) is 11.5 Å². The smallest absolute Gasteiger partial charge is 0.274 e. The summed E-state index contributed by atoms with van der Waals surface area (Å²) in [4.78, 5) is 37.7. The van der Waals surface area contributed by atoms with Crippen molar-refractivity contribution < 1.29 is 9.59 Å². The van der Waals surface area contributed by atoms with Gasteiger partial charge in [0.1, 0.15) is 11.6 Å². The fourth-order valence-corrected chi connectivity index (χ4v) is 4.44. The summed E-state index contributed by atoms with van der Waals surface area (Å²) in [5.41, 5.74) is 6.35. The molecule has 0 aliphatic heterocycles. The van der Waals surface area contributed by atoms with Gasteiger partial charge in [0.2, 0.25) is 5.91 Å². The maximum Gasteiger partial charge on any atom is 0.274 e. The number of aromatic nitrogens is 1. The van der Waals surface area contributed by atoms with Crippen LogP contribution in [0.4, 0.5) is 22.7 Å². The molecular weight excluding hydrogens is 524 g/mol. The third kappa shape index (κ3) is 6.61. The summed E-state index contributed by atoms with van der Waals surface area (Å²) in [5.74, 6) is -0.659. The van der Waals surface area contributed by atoms with Gasteiger partial charge in [0.05, 0.1) is 0 Å². The molecule has 1 aromatic heterocycles. The lowest BCUT2D eigenvalue weighted by Crippen LogP contribution is -2.19. The molecular formula is C32H33ClN4O3. The van der Waals surface area contributed by atoms with Crippen LogP contribution in [-0.4, -0.2) is 22.3 Å². The highest BCUT2D eigenvalue weighted by molar-refractivity contribution is 6.29. The summed E-state index contributed by atoms with van der Waals surface area (Å²) in [7, 11) is 1.69. The van der Waals surface area contributed by atoms with Crippen molar-refractivity contribution in [2.45, 2.75) is 33.1 Å². The Bertz CT molecular complexity index is 1620. The first kappa shape index (κ1) is 28.6. The van der Waals surface area contributed by atoms with E-state index in [0.717, 1.165) is 22.3 Å². The van der Waals surface area contributed by atoms with Crippen LogP contribution in [-0.2, 0) is 17.3 Å². The predicted octanol–water partition coefficient (Wildman–Crippen LogP) is 6.83. The Hall–Kier alpha value is -4.36. The molecule has 3 aromatic carbocycles. The highest BCUT2D eigenvalue weighted by Gasteiger charge is 2.16. The Balaban J connectivity index is 1.61. The topological polar surface area (TPSA) is 92.2 Å². The summed E-state index contributed by atoms with van der Waals surface area (Å²) in [5, 5.41) is 8.91. The minimum Gasteiger partial charge on any atom is -0.351 e. The van der Waals surface area contributed by atoms with Crippen molar-refractivity contribution in [3.8, 4) is 11.1 Å². The minimum atomic E-state index is -0.318. The largest absolute Gasteiger partial charge is 0.351 e. The number of anilines is 4. The first-order valence-corrected chi connectivity index (χ1v) is 13.4. The Morgan fingerprint density at radius 3 is 2.23 bits per heavy atom. The van der Waals surface area contributed by atoms with Crippen molar-refractivity contribution in [1.82, 2.24) is 4.57 Å². The van der Waals surface area contributed by atoms with Crippen LogP contribution in [0, 0.1) is 6.92 Å². The molecule has 0 saturated carbocycles. The minimum absolute atomic E-state index is 0.00633. The molecule has 4 aromatic rings. The molecule has 0 fully saturated rings. The fraction of sp³-hybridized carbons (Fsp3) is 0.219. The summed E-state index contributed by atoms with van der Waals surface area (Å²) in [6.45, 7) is 8.35. The lowest BCUT2D eigenvalue weighted by atomic mass is 9.86. The zero-order valence-corrected chi connectivity index (χ0v) is 24.0. The Labute approximate surface area is 239 Å². The summed E-state index contributed by atoms with van der Waals surface area (Å²) < 4.78 is 1.51. The van der Waals surface area contributed by atoms with E-state index in [1.165, 1.54) is 4.57 Å². The fourth-order valence-electron chi connectivity index (χ4n) is 4.37. The van der Waals surface area contributed by atoms with Crippen LogP contribution in [0.2, 0.25) is 0 Å². The van der Waals surface area contributed by atoms with E-state index < -0.39 is 0 Å². The van der Waals surface area contributed by atoms with Gasteiger partial charge in [0, 0.05) is 41.4 Å². The average Bonchev–Trinajstić information content (AvgIpc) is 2.92. The number of hydrogen-bond acceptors (Lipinski definition) is 4. The molecule has 206 valence electrons. The molecule has 0 radical (unpaired) electrons. The average molecular weight is 557 g/mol. The Morgan fingerprint density at radius 2 is 1.55 bits per heavy atom. The van der Waals surface area contributed by atoms with Gasteiger partial charge in [-0.2, -0.15) is 0 Å². The van der Waals surface area contributed by atoms with E-state index in [2.05, 4.69) is 36.7 Å². The molecule has 4 rings (SSSR count). The third-order valence-electron chi connectivity index (χ3n) is 6.64. The van der Waals surface area contributed by atoms with Crippen molar-refractivity contribution in [2.75, 3.05) is 21.8 Å². The number of amides is 2. The summed E-state index contributed by atoms with van der Waals surface area (Å²) in [6.07, 6.45) is 1.77. The van der Waals surface area contributed by atoms with Crippen molar-refractivity contribution >= 4 is 46.2 Å². The second kappa shape index (κ2) is 11.8. The molecule has 0 atom stereocenters. The van der Waals surface area contributed by atoms with E-state index in [-0.39, 0.29) is 28.7 Å². The molecule has 8 heteroatoms. The van der Waals surface area contributed by atoms with Crippen molar-refractivity contribution in [3.63, 3.8) is 0 Å². The quantitative estimate of drug-likeness (QED) is 0.217. The molecule has 2 amide bonds. The number of carbonyl (C=O) groups is 2. The molecule has 0 aliphatic rings. The zero-order chi connectivity index (χ0) is 29.0. The first-order valence-electron chi connectivity index (χ1n) is 12.9. The predicted molar refractivity (Wildman–Crippen MR) is 164 cm³/mol. The first-order chi connectivity index (χ1) is 19.0. The van der Waals surface area contributed by atoms with Gasteiger partial charge in [-0.1, -0.05) is 51.1 Å². The van der Waals surface area contributed by atoms with Gasteiger partial charge in [-0.15, -0.1) is 11.6 Å². The van der Waals surface area contributed by atoms with Crippen molar-refractivity contribution in [3.05, 3.63) is 106 Å². The highest BCUT2D eigenvalue weighted by atomic mass is 35.5. The van der Waals surface area contributed by atoms with Gasteiger partial charge in [-0.05, 0) is 71.5 Å². The normalized spacial score (nSPS) is 11.2. The molecule has 0 aliphatic carbocycles. The van der Waals surface area contributed by atoms with E-state index >= 15 is 0 Å². The molecule has 3 N–H and O–H groups in total. The summed E-state index contributed by atoms with van der Waals surface area (Å²) >= 11 is 5.59. The number of rotatable bonds is 7. The molecule has 40 heavy (non-hydrogen) atoms. The van der Waals surface area contributed by atoms with E-state index in [4.69, 9.17) is 11.6 Å². The lowest BCUT2D eigenvalue weighted by molar-refractivity contribution is -0.113. The van der Waals surface area contributed by atoms with Gasteiger partial charge >= 0.3 is 0 Å². The third-order valence-corrected chi connectivity index (χ3v) is 6.88. The zero-order valence-electron chi connectivity index (χ0n) is 23.3. The number of halogens is 1. The summed E-state index contributed by atoms with van der Waals surface area (Å²) in [6, 6.07) is 22.2. The van der Waals surface area contributed by atoms with Crippen molar-refractivity contribution in [1.29, 1.82) is 0 Å². The SMILES string of the molecule is Cc1c(NC(=O)c2ccc(C(C)(C)C)cc2)cccc1-c1cc(Nc2cccc(NC(=O)CCl)c2)c(=O)n(C)c1. The second-order valence-electron chi connectivity index (χ2n) is 10.7. The van der Waals surface area contributed by atoms with Crippen LogP contribution >= 0.6 is 11.6 Å². The number of nitrogens with zero attached hydrogens (tertiary/aromatic N) is 1. The number of hydrogen-bond donors (Lipinski definition) is 3. The maximum absolute atomic E-state index is 13.0. The van der Waals surface area contributed by atoms with Gasteiger partial charge < -0.3 is 20.5 Å². The lowest BCUT2D eigenvalue weighted by Gasteiger charge is -2.19. The number of aryl methyl sites for hydroxylation is 1. The van der Waals surface area contributed by atoms with E-state index in [9.17, 15) is 14.4 Å². The second-order valence-corrected chi connectivity index (χ2v) is 11.0. The van der Waals surface area contributed by atoms with Crippen LogP contribution in [0.15, 0.2) is 83.8 Å².